The number of carbonyl (C=O) groups is 1. The highest BCUT2D eigenvalue weighted by atomic mass is 16.3. The van der Waals surface area contributed by atoms with Gasteiger partial charge < -0.3 is 15.3 Å². The number of amides is 1. The van der Waals surface area contributed by atoms with Gasteiger partial charge in [-0.05, 0) is 86.9 Å². The molecule has 3 fully saturated rings. The summed E-state index contributed by atoms with van der Waals surface area (Å²) >= 11 is 0. The SMILES string of the molecule is O=C(N[C@H](c1ccccn1)C1CCCC1)c1ccc2[nH]nc(-c3ccc(N4C5CCC4CC(O)C5)cc3)c2c1. The molecule has 1 aliphatic carbocycles. The molecule has 0 spiro atoms. The number of aromatic nitrogens is 3. The van der Waals surface area contributed by atoms with Crippen LogP contribution in [0.4, 0.5) is 5.69 Å². The lowest BCUT2D eigenvalue weighted by molar-refractivity contribution is 0.0920. The number of pyridine rings is 1. The number of nitrogens with zero attached hydrogens (tertiary/aromatic N) is 3. The summed E-state index contributed by atoms with van der Waals surface area (Å²) in [4.78, 5) is 20.6. The smallest absolute Gasteiger partial charge is 0.251 e. The number of anilines is 1. The number of hydrogen-bond donors (Lipinski definition) is 3. The van der Waals surface area contributed by atoms with Crippen LogP contribution in [-0.2, 0) is 0 Å². The average Bonchev–Trinajstić information content (AvgIpc) is 3.70. The van der Waals surface area contributed by atoms with Crippen molar-refractivity contribution in [2.24, 2.45) is 5.92 Å². The molecule has 7 rings (SSSR count). The van der Waals surface area contributed by atoms with E-state index < -0.39 is 0 Å². The summed E-state index contributed by atoms with van der Waals surface area (Å²) in [6, 6.07) is 21.1. The van der Waals surface area contributed by atoms with Crippen LogP contribution in [0, 0.1) is 5.92 Å². The van der Waals surface area contributed by atoms with E-state index >= 15 is 0 Å². The summed E-state index contributed by atoms with van der Waals surface area (Å²) in [5.74, 6) is 0.332. The number of rotatable bonds is 6. The highest BCUT2D eigenvalue weighted by Gasteiger charge is 2.40. The molecule has 2 aliphatic heterocycles. The molecular formula is C32H35N5O2. The van der Waals surface area contributed by atoms with E-state index in [0.29, 0.717) is 23.6 Å². The van der Waals surface area contributed by atoms with Gasteiger partial charge in [0.05, 0.1) is 29.1 Å². The van der Waals surface area contributed by atoms with Gasteiger partial charge in [-0.1, -0.05) is 31.0 Å². The lowest BCUT2D eigenvalue weighted by atomic mass is 9.94. The van der Waals surface area contributed by atoms with E-state index in [1.807, 2.05) is 36.4 Å². The first-order valence-electron chi connectivity index (χ1n) is 14.4. The number of aromatic amines is 1. The molecule has 2 bridgehead atoms. The van der Waals surface area contributed by atoms with Crippen LogP contribution in [0.15, 0.2) is 66.9 Å². The zero-order chi connectivity index (χ0) is 26.3. The number of aliphatic hydroxyl groups is 1. The summed E-state index contributed by atoms with van der Waals surface area (Å²) < 4.78 is 0. The minimum absolute atomic E-state index is 0.0790. The first kappa shape index (κ1) is 24.3. The van der Waals surface area contributed by atoms with E-state index in [2.05, 4.69) is 49.7 Å². The zero-order valence-corrected chi connectivity index (χ0v) is 22.1. The summed E-state index contributed by atoms with van der Waals surface area (Å²) in [6.45, 7) is 0. The molecule has 2 unspecified atom stereocenters. The van der Waals surface area contributed by atoms with Gasteiger partial charge >= 0.3 is 0 Å². The third-order valence-corrected chi connectivity index (χ3v) is 9.14. The zero-order valence-electron chi connectivity index (χ0n) is 22.1. The van der Waals surface area contributed by atoms with Crippen LogP contribution in [0.3, 0.4) is 0 Å². The number of nitrogens with one attached hydrogen (secondary N) is 2. The molecule has 3 N–H and O–H groups in total. The van der Waals surface area contributed by atoms with Crippen molar-refractivity contribution in [3.63, 3.8) is 0 Å². The van der Waals surface area contributed by atoms with Crippen molar-refractivity contribution < 1.29 is 9.90 Å². The Morgan fingerprint density at radius 1 is 0.974 bits per heavy atom. The van der Waals surface area contributed by atoms with Crippen molar-refractivity contribution >= 4 is 22.5 Å². The molecular weight excluding hydrogens is 486 g/mol. The van der Waals surface area contributed by atoms with Crippen molar-refractivity contribution in [1.82, 2.24) is 20.5 Å². The van der Waals surface area contributed by atoms with Gasteiger partial charge in [0, 0.05) is 40.5 Å². The Morgan fingerprint density at radius 3 is 2.46 bits per heavy atom. The van der Waals surface area contributed by atoms with E-state index in [-0.39, 0.29) is 18.1 Å². The van der Waals surface area contributed by atoms with E-state index in [0.717, 1.165) is 66.4 Å². The molecule has 4 aromatic rings. The first-order chi connectivity index (χ1) is 19.1. The maximum absolute atomic E-state index is 13.5. The van der Waals surface area contributed by atoms with Crippen molar-refractivity contribution in [3.8, 4) is 11.3 Å². The molecule has 2 saturated heterocycles. The van der Waals surface area contributed by atoms with Crippen LogP contribution >= 0.6 is 0 Å². The van der Waals surface area contributed by atoms with Gasteiger partial charge in [-0.25, -0.2) is 0 Å². The number of carbonyl (C=O) groups excluding carboxylic acids is 1. The Kier molecular flexibility index (Phi) is 6.31. The van der Waals surface area contributed by atoms with Gasteiger partial charge in [0.15, 0.2) is 0 Å². The maximum atomic E-state index is 13.5. The summed E-state index contributed by atoms with van der Waals surface area (Å²) in [6.07, 6.45) is 10.3. The van der Waals surface area contributed by atoms with Crippen molar-refractivity contribution in [1.29, 1.82) is 0 Å². The van der Waals surface area contributed by atoms with Gasteiger partial charge in [-0.2, -0.15) is 5.10 Å². The third kappa shape index (κ3) is 4.59. The molecule has 7 nitrogen and oxygen atoms in total. The van der Waals surface area contributed by atoms with Gasteiger partial charge in [-0.15, -0.1) is 0 Å². The van der Waals surface area contributed by atoms with E-state index in [9.17, 15) is 9.90 Å². The molecule has 1 saturated carbocycles. The Labute approximate surface area is 228 Å². The second-order valence-corrected chi connectivity index (χ2v) is 11.5. The number of piperidine rings is 1. The van der Waals surface area contributed by atoms with Crippen LogP contribution in [0.2, 0.25) is 0 Å². The molecule has 39 heavy (non-hydrogen) atoms. The predicted molar refractivity (Wildman–Crippen MR) is 152 cm³/mol. The summed E-state index contributed by atoms with van der Waals surface area (Å²) in [5, 5.41) is 22.2. The fraction of sp³-hybridized carbons (Fsp3) is 0.406. The first-order valence-corrected chi connectivity index (χ1v) is 14.4. The molecule has 0 radical (unpaired) electrons. The molecule has 200 valence electrons. The number of H-pyrrole nitrogens is 1. The Morgan fingerprint density at radius 2 is 1.74 bits per heavy atom. The van der Waals surface area contributed by atoms with Crippen LogP contribution < -0.4 is 10.2 Å². The number of fused-ring (bicyclic) bond motifs is 3. The van der Waals surface area contributed by atoms with E-state index in [4.69, 9.17) is 0 Å². The minimum Gasteiger partial charge on any atom is -0.393 e. The summed E-state index contributed by atoms with van der Waals surface area (Å²) in [7, 11) is 0. The van der Waals surface area contributed by atoms with Crippen LogP contribution in [0.5, 0.6) is 0 Å². The molecule has 3 atom stereocenters. The quantitative estimate of drug-likeness (QED) is 0.299. The normalized spacial score (nSPS) is 23.8. The lowest BCUT2D eigenvalue weighted by Crippen LogP contribution is -2.44. The van der Waals surface area contributed by atoms with Crippen LogP contribution in [-0.4, -0.2) is 44.4 Å². The average molecular weight is 522 g/mol. The minimum atomic E-state index is -0.169. The molecule has 4 heterocycles. The maximum Gasteiger partial charge on any atom is 0.251 e. The Hall–Kier alpha value is -3.71. The van der Waals surface area contributed by atoms with Crippen molar-refractivity contribution in [2.45, 2.75) is 75.6 Å². The fourth-order valence-electron chi connectivity index (χ4n) is 7.25. The van der Waals surface area contributed by atoms with Gasteiger partial charge in [0.25, 0.3) is 5.91 Å². The van der Waals surface area contributed by atoms with E-state index in [1.54, 1.807) is 6.20 Å². The molecule has 2 aromatic heterocycles. The van der Waals surface area contributed by atoms with Crippen LogP contribution in [0.25, 0.3) is 22.2 Å². The Bertz CT molecular complexity index is 1450. The van der Waals surface area contributed by atoms with Crippen molar-refractivity contribution in [2.75, 3.05) is 4.90 Å². The Balaban J connectivity index is 1.14. The third-order valence-electron chi connectivity index (χ3n) is 9.14. The second-order valence-electron chi connectivity index (χ2n) is 11.5. The topological polar surface area (TPSA) is 94.1 Å². The molecule has 7 heteroatoms. The van der Waals surface area contributed by atoms with Gasteiger partial charge in [0.2, 0.25) is 0 Å². The van der Waals surface area contributed by atoms with Crippen molar-refractivity contribution in [3.05, 3.63) is 78.1 Å². The van der Waals surface area contributed by atoms with Crippen LogP contribution in [0.1, 0.15) is 73.5 Å². The lowest BCUT2D eigenvalue weighted by Gasteiger charge is -2.39. The predicted octanol–water partition coefficient (Wildman–Crippen LogP) is 5.78. The number of hydrogen-bond acceptors (Lipinski definition) is 5. The number of aliphatic hydroxyl groups excluding tert-OH is 1. The largest absolute Gasteiger partial charge is 0.393 e. The standard InChI is InChI=1S/C32H35N5O2/c38-26-18-24-13-14-25(19-26)37(24)23-11-8-21(9-12-23)30-27-17-22(10-15-28(27)35-36-30)32(39)34-31(20-5-1-2-6-20)29-7-3-4-16-33-29/h3-4,7-12,15-17,20,24-26,31,38H,1-2,5-6,13-14,18-19H2,(H,34,39)(H,35,36)/t24?,25?,26?,31-/m0/s1. The summed E-state index contributed by atoms with van der Waals surface area (Å²) in [5.41, 5.74) is 5.55. The fourth-order valence-corrected chi connectivity index (χ4v) is 7.25. The molecule has 1 amide bonds. The van der Waals surface area contributed by atoms with Gasteiger partial charge in [0.1, 0.15) is 0 Å². The highest BCUT2D eigenvalue weighted by Crippen LogP contribution is 2.40. The molecule has 2 aromatic carbocycles. The van der Waals surface area contributed by atoms with E-state index in [1.165, 1.54) is 18.5 Å². The van der Waals surface area contributed by atoms with Gasteiger partial charge in [-0.3, -0.25) is 14.9 Å². The highest BCUT2D eigenvalue weighted by molar-refractivity contribution is 6.01. The molecule has 3 aliphatic rings. The second kappa shape index (κ2) is 10.1. The monoisotopic (exact) mass is 521 g/mol. The number of benzene rings is 2.